The van der Waals surface area contributed by atoms with Crippen molar-refractivity contribution in [3.8, 4) is 0 Å². The summed E-state index contributed by atoms with van der Waals surface area (Å²) >= 11 is 0. The Morgan fingerprint density at radius 2 is 2.04 bits per heavy atom. The summed E-state index contributed by atoms with van der Waals surface area (Å²) in [5.74, 6) is -0.704. The monoisotopic (exact) mass is 319 g/mol. The van der Waals surface area contributed by atoms with E-state index in [0.29, 0.717) is 12.0 Å². The fourth-order valence-electron chi connectivity index (χ4n) is 3.14. The van der Waals surface area contributed by atoms with Crippen molar-refractivity contribution in [1.82, 2.24) is 0 Å². The van der Waals surface area contributed by atoms with Gasteiger partial charge >= 0.3 is 5.97 Å². The number of nitrogens with one attached hydrogen (secondary N) is 1. The number of hydrogen-bond acceptors (Lipinski definition) is 5. The van der Waals surface area contributed by atoms with Gasteiger partial charge in [0.15, 0.2) is 5.78 Å². The maximum absolute atomic E-state index is 12.9. The topological polar surface area (TPSA) is 76.4 Å². The molecule has 1 aliphatic rings. The molecule has 0 aromatic carbocycles. The lowest BCUT2D eigenvalue weighted by Gasteiger charge is -2.38. The average Bonchev–Trinajstić information content (AvgIpc) is 2.52. The SMILES string of the molecule is C/C=C(/C=C\C(=N)OC)[C@@]1(CC(=O)OC)CC(C)=C[C@@H](C)C1=O. The van der Waals surface area contributed by atoms with Gasteiger partial charge in [0.2, 0.25) is 5.90 Å². The molecule has 0 aliphatic heterocycles. The molecule has 0 aromatic rings. The molecule has 0 unspecified atom stereocenters. The number of Topliss-reactive ketones (excluding diaryl/α,β-unsaturated/α-hetero) is 1. The number of ether oxygens (including phenoxy) is 2. The van der Waals surface area contributed by atoms with Crippen molar-refractivity contribution < 1.29 is 19.1 Å². The van der Waals surface area contributed by atoms with Crippen molar-refractivity contribution in [2.75, 3.05) is 14.2 Å². The van der Waals surface area contributed by atoms with Crippen molar-refractivity contribution in [3.63, 3.8) is 0 Å². The van der Waals surface area contributed by atoms with E-state index in [4.69, 9.17) is 14.9 Å². The average molecular weight is 319 g/mol. The summed E-state index contributed by atoms with van der Waals surface area (Å²) in [6.45, 7) is 5.62. The van der Waals surface area contributed by atoms with E-state index in [-0.39, 0.29) is 24.0 Å². The van der Waals surface area contributed by atoms with Crippen LogP contribution in [0.1, 0.15) is 33.6 Å². The van der Waals surface area contributed by atoms with Gasteiger partial charge in [-0.15, -0.1) is 0 Å². The predicted molar refractivity (Wildman–Crippen MR) is 89.2 cm³/mol. The smallest absolute Gasteiger partial charge is 0.306 e. The van der Waals surface area contributed by atoms with Gasteiger partial charge in [-0.2, -0.15) is 0 Å². The molecule has 0 spiro atoms. The van der Waals surface area contributed by atoms with Crippen LogP contribution in [0.4, 0.5) is 0 Å². The molecule has 0 saturated heterocycles. The second-order valence-corrected chi connectivity index (χ2v) is 5.82. The minimum Gasteiger partial charge on any atom is -0.481 e. The van der Waals surface area contributed by atoms with E-state index in [1.165, 1.54) is 20.3 Å². The number of carbonyl (C=O) groups is 2. The molecular weight excluding hydrogens is 294 g/mol. The molecule has 2 atom stereocenters. The van der Waals surface area contributed by atoms with E-state index in [2.05, 4.69) is 0 Å². The molecule has 0 saturated carbocycles. The Hall–Kier alpha value is -2.17. The van der Waals surface area contributed by atoms with Crippen LogP contribution in [0.3, 0.4) is 0 Å². The van der Waals surface area contributed by atoms with Crippen LogP contribution in [-0.4, -0.2) is 31.9 Å². The summed E-state index contributed by atoms with van der Waals surface area (Å²) in [6, 6.07) is 0. The van der Waals surface area contributed by atoms with Crippen LogP contribution in [0.5, 0.6) is 0 Å². The Morgan fingerprint density at radius 3 is 2.57 bits per heavy atom. The molecule has 0 amide bonds. The van der Waals surface area contributed by atoms with E-state index in [1.54, 1.807) is 6.08 Å². The van der Waals surface area contributed by atoms with Gasteiger partial charge in [0.25, 0.3) is 0 Å². The van der Waals surface area contributed by atoms with Crippen molar-refractivity contribution in [2.45, 2.75) is 33.6 Å². The molecule has 126 valence electrons. The number of allylic oxidation sites excluding steroid dienone is 5. The maximum Gasteiger partial charge on any atom is 0.306 e. The zero-order valence-electron chi connectivity index (χ0n) is 14.4. The van der Waals surface area contributed by atoms with E-state index >= 15 is 0 Å². The highest BCUT2D eigenvalue weighted by Crippen LogP contribution is 2.45. The number of hydrogen-bond donors (Lipinski definition) is 1. The van der Waals surface area contributed by atoms with E-state index in [9.17, 15) is 9.59 Å². The summed E-state index contributed by atoms with van der Waals surface area (Å²) < 4.78 is 9.63. The Balaban J connectivity index is 3.37. The fraction of sp³-hybridized carbons (Fsp3) is 0.500. The van der Waals surface area contributed by atoms with E-state index in [0.717, 1.165) is 5.57 Å². The molecular formula is C18H25NO4. The number of rotatable bonds is 5. The summed E-state index contributed by atoms with van der Waals surface area (Å²) in [4.78, 5) is 24.9. The van der Waals surface area contributed by atoms with Crippen LogP contribution in [0.25, 0.3) is 0 Å². The van der Waals surface area contributed by atoms with Crippen LogP contribution in [-0.2, 0) is 19.1 Å². The lowest BCUT2D eigenvalue weighted by atomic mass is 9.63. The van der Waals surface area contributed by atoms with Crippen LogP contribution in [0, 0.1) is 16.7 Å². The highest BCUT2D eigenvalue weighted by atomic mass is 16.5. The maximum atomic E-state index is 12.9. The second-order valence-electron chi connectivity index (χ2n) is 5.82. The first-order valence-corrected chi connectivity index (χ1v) is 7.56. The molecule has 0 bridgehead atoms. The van der Waals surface area contributed by atoms with Crippen LogP contribution >= 0.6 is 0 Å². The first-order chi connectivity index (χ1) is 10.8. The van der Waals surface area contributed by atoms with Crippen molar-refractivity contribution in [2.24, 2.45) is 11.3 Å². The first kappa shape index (κ1) is 18.9. The first-order valence-electron chi connectivity index (χ1n) is 7.56. The van der Waals surface area contributed by atoms with Gasteiger partial charge in [-0.25, -0.2) is 0 Å². The Kier molecular flexibility index (Phi) is 6.49. The van der Waals surface area contributed by atoms with Gasteiger partial charge in [0, 0.05) is 5.92 Å². The minimum absolute atomic E-state index is 0.00445. The molecule has 1 N–H and O–H groups in total. The molecule has 5 nitrogen and oxygen atoms in total. The Morgan fingerprint density at radius 1 is 1.39 bits per heavy atom. The van der Waals surface area contributed by atoms with E-state index in [1.807, 2.05) is 32.9 Å². The third-order valence-electron chi connectivity index (χ3n) is 4.17. The molecule has 23 heavy (non-hydrogen) atoms. The number of carbonyl (C=O) groups excluding carboxylic acids is 2. The molecule has 5 heteroatoms. The summed E-state index contributed by atoms with van der Waals surface area (Å²) in [5.41, 5.74) is 0.814. The zero-order chi connectivity index (χ0) is 17.6. The lowest BCUT2D eigenvalue weighted by Crippen LogP contribution is -2.41. The summed E-state index contributed by atoms with van der Waals surface area (Å²) in [7, 11) is 2.73. The number of esters is 1. The van der Waals surface area contributed by atoms with Crippen LogP contribution in [0.2, 0.25) is 0 Å². The van der Waals surface area contributed by atoms with E-state index < -0.39 is 11.4 Å². The van der Waals surface area contributed by atoms with Crippen molar-refractivity contribution >= 4 is 17.7 Å². The highest BCUT2D eigenvalue weighted by molar-refractivity contribution is 5.96. The lowest BCUT2D eigenvalue weighted by molar-refractivity contribution is -0.147. The molecule has 0 heterocycles. The van der Waals surface area contributed by atoms with Crippen LogP contribution in [0.15, 0.2) is 35.5 Å². The number of ketones is 1. The van der Waals surface area contributed by atoms with Gasteiger partial charge in [-0.05, 0) is 31.9 Å². The third kappa shape index (κ3) is 4.18. The highest BCUT2D eigenvalue weighted by Gasteiger charge is 2.46. The molecule has 1 rings (SSSR count). The summed E-state index contributed by atoms with van der Waals surface area (Å²) in [5, 5.41) is 7.57. The molecule has 0 aromatic heterocycles. The van der Waals surface area contributed by atoms with Crippen molar-refractivity contribution in [3.05, 3.63) is 35.5 Å². The molecule has 0 fully saturated rings. The molecule has 0 radical (unpaired) electrons. The largest absolute Gasteiger partial charge is 0.481 e. The third-order valence-corrected chi connectivity index (χ3v) is 4.17. The summed E-state index contributed by atoms with van der Waals surface area (Å²) in [6.07, 6.45) is 7.37. The standard InChI is InChI=1S/C18H25NO4/c1-6-14(7-8-15(19)22-4)18(11-16(20)23-5)10-12(2)9-13(3)17(18)21/h6-9,13,19H,10-11H2,1-5H3/b8-7-,14-6-,19-15?/t13-,18+/m1/s1. The second kappa shape index (κ2) is 7.90. The van der Waals surface area contributed by atoms with Crippen molar-refractivity contribution in [1.29, 1.82) is 5.41 Å². The van der Waals surface area contributed by atoms with Gasteiger partial charge in [0.05, 0.1) is 26.1 Å². The Bertz CT molecular complexity index is 586. The molecule has 1 aliphatic carbocycles. The fourth-order valence-corrected chi connectivity index (χ4v) is 3.14. The van der Waals surface area contributed by atoms with Gasteiger partial charge < -0.3 is 9.47 Å². The van der Waals surface area contributed by atoms with Crippen LogP contribution < -0.4 is 0 Å². The minimum atomic E-state index is -0.954. The van der Waals surface area contributed by atoms with Gasteiger partial charge in [0.1, 0.15) is 0 Å². The normalized spacial score (nSPS) is 25.3. The Labute approximate surface area is 137 Å². The van der Waals surface area contributed by atoms with Gasteiger partial charge in [-0.1, -0.05) is 30.7 Å². The predicted octanol–water partition coefficient (Wildman–Crippen LogP) is 3.22. The zero-order valence-corrected chi connectivity index (χ0v) is 14.4. The number of methoxy groups -OCH3 is 2. The quantitative estimate of drug-likeness (QED) is 0.277. The van der Waals surface area contributed by atoms with Gasteiger partial charge in [-0.3, -0.25) is 15.0 Å².